The Morgan fingerprint density at radius 2 is 1.67 bits per heavy atom. The van der Waals surface area contributed by atoms with E-state index in [0.29, 0.717) is 34.3 Å². The first kappa shape index (κ1) is 18.2. The van der Waals surface area contributed by atoms with E-state index in [1.165, 1.54) is 0 Å². The lowest BCUT2D eigenvalue weighted by Crippen LogP contribution is -2.40. The number of thioether (sulfide) groups is 1. The molecule has 5 rings (SSSR count). The molecule has 1 heterocycles. The third-order valence-corrected chi connectivity index (χ3v) is 8.05. The highest BCUT2D eigenvalue weighted by atomic mass is 32.2. The van der Waals surface area contributed by atoms with Crippen molar-refractivity contribution in [1.82, 2.24) is 19.4 Å². The van der Waals surface area contributed by atoms with E-state index in [1.807, 2.05) is 0 Å². The topological polar surface area (TPSA) is 58.4 Å². The highest BCUT2D eigenvalue weighted by molar-refractivity contribution is 7.98. The van der Waals surface area contributed by atoms with Gasteiger partial charge in [-0.2, -0.15) is 18.2 Å². The second-order valence-electron chi connectivity index (χ2n) is 10.1. The first-order chi connectivity index (χ1) is 30.6. The van der Waals surface area contributed by atoms with Gasteiger partial charge in [-0.05, 0) is 85.1 Å². The zero-order valence-electron chi connectivity index (χ0n) is 44.8. The second-order valence-corrected chi connectivity index (χ2v) is 11.1. The number of halogens is 4. The van der Waals surface area contributed by atoms with Crippen LogP contribution in [-0.4, -0.2) is 51.4 Å². The molecular weight excluding hydrogens is 640 g/mol. The van der Waals surface area contributed by atoms with E-state index >= 15 is 0 Å². The lowest BCUT2D eigenvalue weighted by Gasteiger charge is -2.28. The monoisotopic (exact) mass is 699 g/mol. The van der Waals surface area contributed by atoms with E-state index < -0.39 is 184 Å². The zero-order chi connectivity index (χ0) is 51.2. The Morgan fingerprint density at radius 1 is 1.00 bits per heavy atom. The zero-order valence-corrected chi connectivity index (χ0v) is 26.6. The molecule has 1 aliphatic rings. The van der Waals surface area contributed by atoms with Gasteiger partial charge >= 0.3 is 6.18 Å². The maximum Gasteiger partial charge on any atom is 0.416 e. The van der Waals surface area contributed by atoms with Gasteiger partial charge in [-0.3, -0.25) is 9.59 Å². The van der Waals surface area contributed by atoms with E-state index in [9.17, 15) is 29.9 Å². The highest BCUT2D eigenvalue weighted by Crippen LogP contribution is 2.34. The van der Waals surface area contributed by atoms with Crippen molar-refractivity contribution < 1.29 is 48.4 Å². The van der Waals surface area contributed by atoms with Gasteiger partial charge in [0.1, 0.15) is 12.4 Å². The summed E-state index contributed by atoms with van der Waals surface area (Å²) in [4.78, 5) is 34.3. The molecule has 0 radical (unpaired) electrons. The molecule has 1 aliphatic carbocycles. The summed E-state index contributed by atoms with van der Waals surface area (Å²) in [5, 5.41) is -0.716. The van der Waals surface area contributed by atoms with Crippen LogP contribution in [0.15, 0.2) is 76.4 Å². The molecule has 0 saturated heterocycles. The Morgan fingerprint density at radius 3 is 2.33 bits per heavy atom. The Kier molecular flexibility index (Phi) is 5.86. The number of aromatic nitrogens is 2. The number of hydrogen-bond acceptors (Lipinski definition) is 5. The van der Waals surface area contributed by atoms with Crippen LogP contribution in [0.25, 0.3) is 11.1 Å². The minimum atomic E-state index is -5.20. The molecule has 0 aliphatic heterocycles. The van der Waals surface area contributed by atoms with E-state index in [4.69, 9.17) is 23.3 Å². The Hall–Kier alpha value is -3.96. The summed E-state index contributed by atoms with van der Waals surface area (Å²) in [6.45, 7) is -0.746. The van der Waals surface area contributed by atoms with Crippen LogP contribution in [0.2, 0.25) is 0 Å². The molecule has 0 bridgehead atoms. The molecule has 4 aromatic rings. The van der Waals surface area contributed by atoms with Gasteiger partial charge < -0.3 is 14.4 Å². The number of carbonyl (C=O) groups is 1. The number of fused-ring (bicyclic) bond motifs is 1. The predicted octanol–water partition coefficient (Wildman–Crippen LogP) is 7.53. The fourth-order valence-electron chi connectivity index (χ4n) is 4.50. The first-order valence-corrected chi connectivity index (χ1v) is 15.4. The normalized spacial score (nSPS) is 22.0. The number of likely N-dealkylation sites (N-methyl/N-ethyl adjacent to an activating group) is 1. The van der Waals surface area contributed by atoms with E-state index in [2.05, 4.69) is 4.98 Å². The van der Waals surface area contributed by atoms with Gasteiger partial charge in [-0.25, -0.2) is 4.39 Å². The number of rotatable bonds is 13. The van der Waals surface area contributed by atoms with E-state index in [-0.39, 0.29) is 6.54 Å². The second kappa shape index (κ2) is 15.5. The number of hydrogen-bond donors (Lipinski definition) is 0. The number of amides is 1. The van der Waals surface area contributed by atoms with Crippen LogP contribution in [0, 0.1) is 12.7 Å². The van der Waals surface area contributed by atoms with Crippen molar-refractivity contribution >= 4 is 17.7 Å². The average molecular weight is 700 g/mol. The standard InChI is InChI=1S/C37H40F4N4O2S/c1-4-43(5-2)19-20-44(22-26-9-13-28(14-10-26)29-15-18-32(25(3)21-29)37(39,40)41)34(46)23-45-33-8-6-7-31(33)35(47)42-36(45)48-24-27-11-16-30(38)17-12-27/h9-18,21H,4-8,19-20,22-24H2,1-3H3/i6D2,7D2,8D2,9D,10D,11D,12D,13D,14D,15D,16D,17D,18D,21D,22D2. The third-order valence-electron chi connectivity index (χ3n) is 7.04. The van der Waals surface area contributed by atoms with Crippen molar-refractivity contribution in [2.45, 2.75) is 70.0 Å². The van der Waals surface area contributed by atoms with Crippen LogP contribution in [0.3, 0.4) is 0 Å². The summed E-state index contributed by atoms with van der Waals surface area (Å²) >= 11 is 0.353. The molecule has 0 spiro atoms. The summed E-state index contributed by atoms with van der Waals surface area (Å²) in [6, 6.07) is -12.5. The predicted molar refractivity (Wildman–Crippen MR) is 181 cm³/mol. The third kappa shape index (κ3) is 8.54. The molecule has 1 aromatic heterocycles. The van der Waals surface area contributed by atoms with Crippen molar-refractivity contribution in [3.8, 4) is 11.1 Å². The minimum Gasteiger partial charge on any atom is -0.336 e. The van der Waals surface area contributed by atoms with E-state index in [0.717, 1.165) is 6.92 Å². The van der Waals surface area contributed by atoms with Crippen molar-refractivity contribution in [2.75, 3.05) is 26.2 Å². The lowest BCUT2D eigenvalue weighted by molar-refractivity contribution is -0.138. The van der Waals surface area contributed by atoms with Gasteiger partial charge in [-0.1, -0.05) is 73.9 Å². The maximum absolute atomic E-state index is 14.9. The summed E-state index contributed by atoms with van der Waals surface area (Å²) < 4.78 is 220. The molecule has 0 unspecified atom stereocenters. The summed E-state index contributed by atoms with van der Waals surface area (Å²) in [6.07, 6.45) is -15.7. The number of carbonyl (C=O) groups excluding carboxylic acids is 1. The maximum atomic E-state index is 14.9. The molecule has 0 fully saturated rings. The fourth-order valence-corrected chi connectivity index (χ4v) is 5.38. The molecule has 11 heteroatoms. The largest absolute Gasteiger partial charge is 0.416 e. The molecule has 0 N–H and O–H groups in total. The SMILES string of the molecule is [2H]c1c([2H])c(CSc2nc(=O)c3c(n2CC(=O)N(CCN(CC)CC)C([2H])([2H])c2c([2H])c([2H])c(-c4c([2H])c([2H])c(C(F)(F)F)c(C)c4[2H])c([2H])c2[2H])C([2H])([2H])C([2H])([2H])C3([2H])[2H])c([2H])c([2H])c1F. The van der Waals surface area contributed by atoms with Crippen LogP contribution >= 0.6 is 11.8 Å². The van der Waals surface area contributed by atoms with Crippen molar-refractivity contribution in [1.29, 1.82) is 0 Å². The first-order valence-electron chi connectivity index (χ1n) is 24.0. The Bertz CT molecular complexity index is 2680. The number of nitrogens with zero attached hydrogens (tertiary/aromatic N) is 4. The molecule has 0 saturated carbocycles. The molecule has 6 nitrogen and oxygen atoms in total. The quantitative estimate of drug-likeness (QED) is 0.0821. The molecule has 3 aromatic carbocycles. The van der Waals surface area contributed by atoms with Gasteiger partial charge in [0, 0.05) is 44.8 Å². The average Bonchev–Trinajstić information content (AvgIpc) is 3.34. The van der Waals surface area contributed by atoms with Crippen LogP contribution in [0.1, 0.15) is 79.8 Å². The highest BCUT2D eigenvalue weighted by Gasteiger charge is 2.32. The van der Waals surface area contributed by atoms with Gasteiger partial charge in [0.2, 0.25) is 5.91 Å². The van der Waals surface area contributed by atoms with Crippen molar-refractivity contribution in [3.63, 3.8) is 0 Å². The van der Waals surface area contributed by atoms with Crippen LogP contribution in [-0.2, 0) is 42.5 Å². The van der Waals surface area contributed by atoms with Crippen molar-refractivity contribution in [3.05, 3.63) is 116 Å². The molecule has 0 atom stereocenters. The fraction of sp³-hybridized carbons (Fsp3) is 0.378. The van der Waals surface area contributed by atoms with Crippen LogP contribution in [0.4, 0.5) is 17.6 Å². The number of benzene rings is 3. The Labute approximate surface area is 309 Å². The van der Waals surface area contributed by atoms with Crippen LogP contribution in [0.5, 0.6) is 0 Å². The molecular formula is C37H40F4N4O2S. The lowest BCUT2D eigenvalue weighted by atomic mass is 9.98. The molecule has 1 amide bonds. The van der Waals surface area contributed by atoms with E-state index in [1.54, 1.807) is 18.7 Å². The Balaban J connectivity index is 1.76. The van der Waals surface area contributed by atoms with Gasteiger partial charge in [0.05, 0.1) is 23.4 Å². The number of alkyl halides is 3. The smallest absolute Gasteiger partial charge is 0.336 e. The molecule has 48 heavy (non-hydrogen) atoms. The molecule has 254 valence electrons. The summed E-state index contributed by atoms with van der Waals surface area (Å²) in [5.74, 6) is -3.60. The summed E-state index contributed by atoms with van der Waals surface area (Å²) in [5.41, 5.74) is -9.73. The van der Waals surface area contributed by atoms with Gasteiger partial charge in [0.15, 0.2) is 5.16 Å². The van der Waals surface area contributed by atoms with Crippen LogP contribution < -0.4 is 5.56 Å². The minimum absolute atomic E-state index is 0.165. The summed E-state index contributed by atoms with van der Waals surface area (Å²) in [7, 11) is 0. The van der Waals surface area contributed by atoms with Gasteiger partial charge in [0.25, 0.3) is 5.56 Å². The van der Waals surface area contributed by atoms with Crippen molar-refractivity contribution in [2.24, 2.45) is 0 Å². The van der Waals surface area contributed by atoms with Gasteiger partial charge in [-0.15, -0.1) is 0 Å².